The van der Waals surface area contributed by atoms with Crippen molar-refractivity contribution in [3.63, 3.8) is 0 Å². The Morgan fingerprint density at radius 2 is 1.94 bits per heavy atom. The molecule has 4 heteroatoms. The van der Waals surface area contributed by atoms with E-state index in [0.29, 0.717) is 0 Å². The lowest BCUT2D eigenvalue weighted by molar-refractivity contribution is 0.235. The second kappa shape index (κ2) is 5.61. The van der Waals surface area contributed by atoms with Crippen molar-refractivity contribution < 1.29 is 0 Å². The van der Waals surface area contributed by atoms with E-state index in [-0.39, 0.29) is 0 Å². The lowest BCUT2D eigenvalue weighted by Gasteiger charge is -2.26. The molecule has 1 fully saturated rings. The molecule has 0 atom stereocenters. The number of rotatable bonds is 3. The van der Waals surface area contributed by atoms with Gasteiger partial charge in [0.1, 0.15) is 5.01 Å². The van der Waals surface area contributed by atoms with Crippen molar-refractivity contribution in [2.45, 2.75) is 6.54 Å². The molecule has 1 N–H and O–H groups in total. The Morgan fingerprint density at radius 1 is 1.17 bits per heavy atom. The zero-order chi connectivity index (χ0) is 12.2. The standard InChI is InChI=1S/C14H17N3S/c1-2-4-12(5-3-1)14-16-10-13(18-14)11-17-8-6-15-7-9-17/h1-5,10,15H,6-9,11H2. The molecular weight excluding hydrogens is 242 g/mol. The Morgan fingerprint density at radius 3 is 2.72 bits per heavy atom. The quantitative estimate of drug-likeness (QED) is 0.916. The molecule has 0 spiro atoms. The fraction of sp³-hybridized carbons (Fsp3) is 0.357. The molecule has 2 heterocycles. The van der Waals surface area contributed by atoms with E-state index < -0.39 is 0 Å². The molecule has 0 aliphatic carbocycles. The molecule has 18 heavy (non-hydrogen) atoms. The van der Waals surface area contributed by atoms with Gasteiger partial charge in [0.2, 0.25) is 0 Å². The SMILES string of the molecule is c1ccc(-c2ncc(CN3CCNCC3)s2)cc1. The lowest BCUT2D eigenvalue weighted by atomic mass is 10.2. The van der Waals surface area contributed by atoms with E-state index in [1.54, 1.807) is 11.3 Å². The van der Waals surface area contributed by atoms with E-state index in [1.165, 1.54) is 10.4 Å². The van der Waals surface area contributed by atoms with Gasteiger partial charge in [-0.2, -0.15) is 0 Å². The molecule has 0 bridgehead atoms. The predicted molar refractivity (Wildman–Crippen MR) is 75.7 cm³/mol. The Bertz CT molecular complexity index is 489. The fourth-order valence-corrected chi connectivity index (χ4v) is 3.14. The number of aromatic nitrogens is 1. The Balaban J connectivity index is 1.69. The van der Waals surface area contributed by atoms with Crippen LogP contribution in [0.15, 0.2) is 36.5 Å². The van der Waals surface area contributed by atoms with Gasteiger partial charge in [0, 0.05) is 49.4 Å². The Kier molecular flexibility index (Phi) is 3.69. The summed E-state index contributed by atoms with van der Waals surface area (Å²) in [4.78, 5) is 8.37. The highest BCUT2D eigenvalue weighted by molar-refractivity contribution is 7.15. The monoisotopic (exact) mass is 259 g/mol. The van der Waals surface area contributed by atoms with Crippen molar-refractivity contribution in [3.8, 4) is 10.6 Å². The predicted octanol–water partition coefficient (Wildman–Crippen LogP) is 2.22. The van der Waals surface area contributed by atoms with Crippen LogP contribution in [0.25, 0.3) is 10.6 Å². The minimum Gasteiger partial charge on any atom is -0.314 e. The second-order valence-electron chi connectivity index (χ2n) is 4.52. The third kappa shape index (κ3) is 2.77. The van der Waals surface area contributed by atoms with Crippen molar-refractivity contribution in [3.05, 3.63) is 41.4 Å². The summed E-state index contributed by atoms with van der Waals surface area (Å²) in [6.07, 6.45) is 2.02. The van der Waals surface area contributed by atoms with Crippen LogP contribution in [-0.4, -0.2) is 36.1 Å². The first-order valence-electron chi connectivity index (χ1n) is 6.35. The van der Waals surface area contributed by atoms with Gasteiger partial charge in [-0.25, -0.2) is 4.98 Å². The van der Waals surface area contributed by atoms with Crippen LogP contribution < -0.4 is 5.32 Å². The van der Waals surface area contributed by atoms with Gasteiger partial charge in [-0.3, -0.25) is 4.90 Å². The van der Waals surface area contributed by atoms with Gasteiger partial charge < -0.3 is 5.32 Å². The Labute approximate surface area is 111 Å². The average Bonchev–Trinajstić information content (AvgIpc) is 2.89. The molecule has 0 saturated carbocycles. The van der Waals surface area contributed by atoms with Crippen molar-refractivity contribution >= 4 is 11.3 Å². The van der Waals surface area contributed by atoms with Crippen LogP contribution in [0, 0.1) is 0 Å². The summed E-state index contributed by atoms with van der Waals surface area (Å²) in [6.45, 7) is 5.51. The minimum absolute atomic E-state index is 1.03. The molecule has 1 aliphatic rings. The van der Waals surface area contributed by atoms with E-state index in [1.807, 2.05) is 12.3 Å². The van der Waals surface area contributed by atoms with E-state index in [9.17, 15) is 0 Å². The smallest absolute Gasteiger partial charge is 0.123 e. The number of benzene rings is 1. The summed E-state index contributed by atoms with van der Waals surface area (Å²) in [7, 11) is 0. The second-order valence-corrected chi connectivity index (χ2v) is 5.64. The highest BCUT2D eigenvalue weighted by Crippen LogP contribution is 2.25. The van der Waals surface area contributed by atoms with Crippen LogP contribution in [0.4, 0.5) is 0 Å². The summed E-state index contributed by atoms with van der Waals surface area (Å²) < 4.78 is 0. The molecule has 0 radical (unpaired) electrons. The molecule has 0 unspecified atom stereocenters. The van der Waals surface area contributed by atoms with Crippen LogP contribution in [0.3, 0.4) is 0 Å². The van der Waals surface area contributed by atoms with Crippen LogP contribution in [-0.2, 0) is 6.54 Å². The normalized spacial score (nSPS) is 16.9. The number of thiazole rings is 1. The van der Waals surface area contributed by atoms with Crippen molar-refractivity contribution in [1.82, 2.24) is 15.2 Å². The van der Waals surface area contributed by atoms with Crippen molar-refractivity contribution in [2.75, 3.05) is 26.2 Å². The van der Waals surface area contributed by atoms with Gasteiger partial charge in [0.25, 0.3) is 0 Å². The zero-order valence-electron chi connectivity index (χ0n) is 10.3. The molecular formula is C14H17N3S. The summed E-state index contributed by atoms with van der Waals surface area (Å²) in [5.74, 6) is 0. The maximum Gasteiger partial charge on any atom is 0.123 e. The molecule has 1 aromatic carbocycles. The summed E-state index contributed by atoms with van der Waals surface area (Å²) in [5.41, 5.74) is 1.22. The first-order chi connectivity index (χ1) is 8.92. The third-order valence-corrected chi connectivity index (χ3v) is 4.19. The summed E-state index contributed by atoms with van der Waals surface area (Å²) >= 11 is 1.81. The maximum absolute atomic E-state index is 4.53. The van der Waals surface area contributed by atoms with Crippen LogP contribution in [0.5, 0.6) is 0 Å². The van der Waals surface area contributed by atoms with Gasteiger partial charge >= 0.3 is 0 Å². The molecule has 94 valence electrons. The molecule has 1 aromatic heterocycles. The topological polar surface area (TPSA) is 28.2 Å². The van der Waals surface area contributed by atoms with Gasteiger partial charge in [0.15, 0.2) is 0 Å². The number of hydrogen-bond acceptors (Lipinski definition) is 4. The van der Waals surface area contributed by atoms with Gasteiger partial charge in [-0.1, -0.05) is 30.3 Å². The molecule has 3 rings (SSSR count). The fourth-order valence-electron chi connectivity index (χ4n) is 2.18. The third-order valence-electron chi connectivity index (χ3n) is 3.16. The number of piperazine rings is 1. The minimum atomic E-state index is 1.03. The van der Waals surface area contributed by atoms with Gasteiger partial charge in [0.05, 0.1) is 0 Å². The highest BCUT2D eigenvalue weighted by atomic mass is 32.1. The van der Waals surface area contributed by atoms with Gasteiger partial charge in [-0.15, -0.1) is 11.3 Å². The van der Waals surface area contributed by atoms with E-state index >= 15 is 0 Å². The average molecular weight is 259 g/mol. The number of hydrogen-bond donors (Lipinski definition) is 1. The van der Waals surface area contributed by atoms with Gasteiger partial charge in [-0.05, 0) is 0 Å². The van der Waals surface area contributed by atoms with Crippen molar-refractivity contribution in [1.29, 1.82) is 0 Å². The number of nitrogens with zero attached hydrogens (tertiary/aromatic N) is 2. The summed E-state index contributed by atoms with van der Waals surface area (Å²) in [6, 6.07) is 10.4. The summed E-state index contributed by atoms with van der Waals surface area (Å²) in [5, 5.41) is 4.50. The van der Waals surface area contributed by atoms with Crippen LogP contribution in [0.2, 0.25) is 0 Å². The molecule has 2 aromatic rings. The zero-order valence-corrected chi connectivity index (χ0v) is 11.1. The van der Waals surface area contributed by atoms with Crippen LogP contribution in [0.1, 0.15) is 4.88 Å². The van der Waals surface area contributed by atoms with Crippen molar-refractivity contribution in [2.24, 2.45) is 0 Å². The number of nitrogens with one attached hydrogen (secondary N) is 1. The van der Waals surface area contributed by atoms with E-state index in [0.717, 1.165) is 37.7 Å². The van der Waals surface area contributed by atoms with Crippen LogP contribution >= 0.6 is 11.3 Å². The first kappa shape index (κ1) is 11.8. The molecule has 3 nitrogen and oxygen atoms in total. The molecule has 1 aliphatic heterocycles. The first-order valence-corrected chi connectivity index (χ1v) is 7.17. The Hall–Kier alpha value is -1.23. The molecule has 0 amide bonds. The maximum atomic E-state index is 4.53. The van der Waals surface area contributed by atoms with E-state index in [4.69, 9.17) is 0 Å². The molecule has 1 saturated heterocycles. The largest absolute Gasteiger partial charge is 0.314 e. The highest BCUT2D eigenvalue weighted by Gasteiger charge is 2.12. The lowest BCUT2D eigenvalue weighted by Crippen LogP contribution is -2.42. The van der Waals surface area contributed by atoms with E-state index in [2.05, 4.69) is 39.5 Å².